The molecule has 1 aliphatic heterocycles. The maximum Gasteiger partial charge on any atom is 0.124 e. The van der Waals surface area contributed by atoms with E-state index in [2.05, 4.69) is 41.6 Å². The summed E-state index contributed by atoms with van der Waals surface area (Å²) in [6.07, 6.45) is 1.27. The van der Waals surface area contributed by atoms with Gasteiger partial charge in [-0.3, -0.25) is 0 Å². The molecule has 0 amide bonds. The molecule has 102 valence electrons. The van der Waals surface area contributed by atoms with Crippen LogP contribution in [-0.2, 0) is 12.4 Å². The van der Waals surface area contributed by atoms with Gasteiger partial charge in [0.05, 0.1) is 16.9 Å². The number of likely N-dealkylation sites (tertiary alicyclic amines) is 1. The Morgan fingerprint density at radius 3 is 2.95 bits per heavy atom. The predicted molar refractivity (Wildman–Crippen MR) is 79.6 cm³/mol. The monoisotopic (exact) mass is 277 g/mol. The van der Waals surface area contributed by atoms with E-state index in [-0.39, 0.29) is 0 Å². The fraction of sp³-hybridized carbons (Fsp3) is 0.533. The second-order valence-electron chi connectivity index (χ2n) is 5.63. The Bertz CT molecular complexity index is 590. The fourth-order valence-electron chi connectivity index (χ4n) is 3.07. The van der Waals surface area contributed by atoms with Crippen molar-refractivity contribution in [3.05, 3.63) is 29.6 Å². The van der Waals surface area contributed by atoms with Crippen LogP contribution in [0.15, 0.2) is 18.2 Å². The number of aromatic nitrogens is 2. The van der Waals surface area contributed by atoms with Crippen LogP contribution in [0.5, 0.6) is 0 Å². The van der Waals surface area contributed by atoms with Gasteiger partial charge in [-0.15, -0.1) is 11.6 Å². The molecule has 2 heterocycles. The van der Waals surface area contributed by atoms with E-state index < -0.39 is 0 Å². The predicted octanol–water partition coefficient (Wildman–Crippen LogP) is 3.04. The zero-order chi connectivity index (χ0) is 13.4. The number of hydrogen-bond donors (Lipinski definition) is 0. The van der Waals surface area contributed by atoms with Gasteiger partial charge in [-0.2, -0.15) is 0 Å². The summed E-state index contributed by atoms with van der Waals surface area (Å²) < 4.78 is 2.32. The van der Waals surface area contributed by atoms with E-state index in [0.29, 0.717) is 11.8 Å². The van der Waals surface area contributed by atoms with Gasteiger partial charge in [-0.1, -0.05) is 12.1 Å². The molecule has 4 heteroatoms. The summed E-state index contributed by atoms with van der Waals surface area (Å²) >= 11 is 6.08. The molecular weight excluding hydrogens is 258 g/mol. The Hall–Kier alpha value is -1.06. The van der Waals surface area contributed by atoms with Crippen LogP contribution in [0.3, 0.4) is 0 Å². The molecule has 1 atom stereocenters. The Balaban J connectivity index is 1.99. The number of nitrogens with zero attached hydrogens (tertiary/aromatic N) is 3. The van der Waals surface area contributed by atoms with Crippen LogP contribution < -0.4 is 0 Å². The molecule has 0 aliphatic carbocycles. The molecule has 1 unspecified atom stereocenters. The van der Waals surface area contributed by atoms with Crippen molar-refractivity contribution in [2.45, 2.75) is 25.8 Å². The van der Waals surface area contributed by atoms with E-state index in [4.69, 9.17) is 16.6 Å². The summed E-state index contributed by atoms with van der Waals surface area (Å²) in [7, 11) is 2.19. The highest BCUT2D eigenvalue weighted by molar-refractivity contribution is 6.16. The third-order valence-electron chi connectivity index (χ3n) is 4.11. The van der Waals surface area contributed by atoms with Crippen LogP contribution in [0.1, 0.15) is 17.8 Å². The molecule has 1 aromatic carbocycles. The lowest BCUT2D eigenvalue weighted by molar-refractivity contribution is 0.378. The van der Waals surface area contributed by atoms with E-state index in [0.717, 1.165) is 17.9 Å². The smallest absolute Gasteiger partial charge is 0.124 e. The average molecular weight is 278 g/mol. The molecule has 0 bridgehead atoms. The molecule has 1 aliphatic rings. The molecule has 2 aromatic rings. The Labute approximate surface area is 119 Å². The van der Waals surface area contributed by atoms with Crippen LogP contribution >= 0.6 is 11.6 Å². The highest BCUT2D eigenvalue weighted by Gasteiger charge is 2.22. The summed E-state index contributed by atoms with van der Waals surface area (Å²) in [4.78, 5) is 7.11. The van der Waals surface area contributed by atoms with Gasteiger partial charge < -0.3 is 9.47 Å². The number of hydrogen-bond acceptors (Lipinski definition) is 2. The third kappa shape index (κ3) is 2.37. The number of rotatable bonds is 3. The van der Waals surface area contributed by atoms with Gasteiger partial charge in [0.1, 0.15) is 5.82 Å². The number of alkyl halides is 1. The zero-order valence-electron chi connectivity index (χ0n) is 11.6. The number of imidazole rings is 1. The summed E-state index contributed by atoms with van der Waals surface area (Å²) in [6.45, 7) is 5.52. The first-order valence-corrected chi connectivity index (χ1v) is 7.41. The Morgan fingerprint density at radius 2 is 2.26 bits per heavy atom. The largest absolute Gasteiger partial charge is 0.327 e. The van der Waals surface area contributed by atoms with Crippen molar-refractivity contribution in [3.8, 4) is 0 Å². The maximum absolute atomic E-state index is 6.08. The van der Waals surface area contributed by atoms with Crippen molar-refractivity contribution < 1.29 is 0 Å². The average Bonchev–Trinajstić information content (AvgIpc) is 2.96. The molecule has 19 heavy (non-hydrogen) atoms. The first-order chi connectivity index (χ1) is 9.19. The molecule has 1 fully saturated rings. The number of halogens is 1. The zero-order valence-corrected chi connectivity index (χ0v) is 12.3. The second kappa shape index (κ2) is 5.14. The molecule has 3 nitrogen and oxygen atoms in total. The number of fused-ring (bicyclic) bond motifs is 1. The van der Waals surface area contributed by atoms with E-state index in [1.807, 2.05) is 0 Å². The normalized spacial score (nSPS) is 20.5. The second-order valence-corrected chi connectivity index (χ2v) is 5.90. The van der Waals surface area contributed by atoms with Crippen LogP contribution in [0.2, 0.25) is 0 Å². The maximum atomic E-state index is 6.08. The SMILES string of the molecule is Cc1cccc2c1nc(CCl)n2CC1CCN(C)C1. The van der Waals surface area contributed by atoms with Crippen LogP contribution in [-0.4, -0.2) is 34.6 Å². The summed E-state index contributed by atoms with van der Waals surface area (Å²) in [6, 6.07) is 6.37. The van der Waals surface area contributed by atoms with Gasteiger partial charge in [-0.05, 0) is 44.5 Å². The van der Waals surface area contributed by atoms with Gasteiger partial charge in [0.2, 0.25) is 0 Å². The quantitative estimate of drug-likeness (QED) is 0.804. The Kier molecular flexibility index (Phi) is 3.50. The molecule has 0 saturated carbocycles. The highest BCUT2D eigenvalue weighted by atomic mass is 35.5. The van der Waals surface area contributed by atoms with Gasteiger partial charge in [-0.25, -0.2) is 4.98 Å². The van der Waals surface area contributed by atoms with Crippen LogP contribution in [0.4, 0.5) is 0 Å². The lowest BCUT2D eigenvalue weighted by atomic mass is 10.1. The standard InChI is InChI=1S/C15H20ClN3/c1-11-4-3-5-13-15(11)17-14(8-16)19(13)10-12-6-7-18(2)9-12/h3-5,12H,6-10H2,1-2H3. The highest BCUT2D eigenvalue weighted by Crippen LogP contribution is 2.24. The van der Waals surface area contributed by atoms with Crippen molar-refractivity contribution >= 4 is 22.6 Å². The van der Waals surface area contributed by atoms with E-state index >= 15 is 0 Å². The van der Waals surface area contributed by atoms with Crippen molar-refractivity contribution in [2.75, 3.05) is 20.1 Å². The number of aryl methyl sites for hydroxylation is 1. The summed E-state index contributed by atoms with van der Waals surface area (Å²) in [5, 5.41) is 0. The summed E-state index contributed by atoms with van der Waals surface area (Å²) in [5.41, 5.74) is 3.56. The number of para-hydroxylation sites is 1. The summed E-state index contributed by atoms with van der Waals surface area (Å²) in [5.74, 6) is 2.20. The molecule has 0 spiro atoms. The minimum Gasteiger partial charge on any atom is -0.327 e. The minimum atomic E-state index is 0.483. The molecule has 3 rings (SSSR count). The molecule has 0 N–H and O–H groups in total. The van der Waals surface area contributed by atoms with Crippen LogP contribution in [0, 0.1) is 12.8 Å². The lowest BCUT2D eigenvalue weighted by Crippen LogP contribution is -2.18. The van der Waals surface area contributed by atoms with Gasteiger partial charge in [0.15, 0.2) is 0 Å². The van der Waals surface area contributed by atoms with Crippen molar-refractivity contribution in [2.24, 2.45) is 5.92 Å². The van der Waals surface area contributed by atoms with E-state index in [1.165, 1.54) is 30.6 Å². The van der Waals surface area contributed by atoms with E-state index in [1.54, 1.807) is 0 Å². The fourth-order valence-corrected chi connectivity index (χ4v) is 3.28. The first kappa shape index (κ1) is 12.9. The van der Waals surface area contributed by atoms with E-state index in [9.17, 15) is 0 Å². The van der Waals surface area contributed by atoms with Crippen molar-refractivity contribution in [1.29, 1.82) is 0 Å². The lowest BCUT2D eigenvalue weighted by Gasteiger charge is -2.14. The topological polar surface area (TPSA) is 21.1 Å². The minimum absolute atomic E-state index is 0.483. The van der Waals surface area contributed by atoms with Gasteiger partial charge in [0.25, 0.3) is 0 Å². The third-order valence-corrected chi connectivity index (χ3v) is 4.35. The molecular formula is C15H20ClN3. The first-order valence-electron chi connectivity index (χ1n) is 6.88. The van der Waals surface area contributed by atoms with Crippen molar-refractivity contribution in [1.82, 2.24) is 14.5 Å². The van der Waals surface area contributed by atoms with Crippen molar-refractivity contribution in [3.63, 3.8) is 0 Å². The Morgan fingerprint density at radius 1 is 1.42 bits per heavy atom. The van der Waals surface area contributed by atoms with Gasteiger partial charge >= 0.3 is 0 Å². The molecule has 1 aromatic heterocycles. The van der Waals surface area contributed by atoms with Gasteiger partial charge in [0, 0.05) is 13.1 Å². The number of benzene rings is 1. The molecule has 0 radical (unpaired) electrons. The molecule has 1 saturated heterocycles. The van der Waals surface area contributed by atoms with Crippen LogP contribution in [0.25, 0.3) is 11.0 Å².